The van der Waals surface area contributed by atoms with Gasteiger partial charge in [0.1, 0.15) is 5.69 Å². The maximum atomic E-state index is 12.2. The summed E-state index contributed by atoms with van der Waals surface area (Å²) in [7, 11) is 0. The predicted molar refractivity (Wildman–Crippen MR) is 67.6 cm³/mol. The van der Waals surface area contributed by atoms with Gasteiger partial charge in [-0.2, -0.15) is 5.10 Å². The molecule has 112 valence electrons. The van der Waals surface area contributed by atoms with Gasteiger partial charge in [0.25, 0.3) is 11.5 Å². The van der Waals surface area contributed by atoms with Crippen molar-refractivity contribution in [1.29, 1.82) is 0 Å². The van der Waals surface area contributed by atoms with Gasteiger partial charge in [0.05, 0.1) is 11.8 Å². The smallest absolute Gasteiger partial charge is 0.309 e. The van der Waals surface area contributed by atoms with E-state index >= 15 is 0 Å². The zero-order chi connectivity index (χ0) is 15.6. The molecule has 3 N–H and O–H groups in total. The van der Waals surface area contributed by atoms with Crippen LogP contribution in [0, 0.1) is 11.8 Å². The first kappa shape index (κ1) is 14.7. The third-order valence-corrected chi connectivity index (χ3v) is 3.43. The lowest BCUT2D eigenvalue weighted by Crippen LogP contribution is -2.48. The molecule has 1 aliphatic heterocycles. The van der Waals surface area contributed by atoms with Gasteiger partial charge in [-0.1, -0.05) is 0 Å². The van der Waals surface area contributed by atoms with Crippen LogP contribution in [0.5, 0.6) is 0 Å². The third kappa shape index (κ3) is 3.07. The van der Waals surface area contributed by atoms with E-state index in [1.54, 1.807) is 0 Å². The average Bonchev–Trinajstić information content (AvgIpc) is 2.46. The van der Waals surface area contributed by atoms with Crippen molar-refractivity contribution in [1.82, 2.24) is 15.1 Å². The van der Waals surface area contributed by atoms with Gasteiger partial charge in [0.15, 0.2) is 0 Å². The van der Waals surface area contributed by atoms with Gasteiger partial charge < -0.3 is 15.1 Å². The number of piperidine rings is 1. The van der Waals surface area contributed by atoms with Crippen molar-refractivity contribution in [3.63, 3.8) is 0 Å². The Labute approximate surface area is 118 Å². The minimum Gasteiger partial charge on any atom is -0.481 e. The minimum absolute atomic E-state index is 0.0208. The summed E-state index contributed by atoms with van der Waals surface area (Å²) in [5.74, 6) is -5.16. The normalized spacial score (nSPS) is 21.8. The average molecular weight is 295 g/mol. The fourth-order valence-electron chi connectivity index (χ4n) is 2.31. The largest absolute Gasteiger partial charge is 0.481 e. The second-order valence-electron chi connectivity index (χ2n) is 4.74. The van der Waals surface area contributed by atoms with Crippen LogP contribution in [0.3, 0.4) is 0 Å². The molecule has 2 heterocycles. The van der Waals surface area contributed by atoms with Crippen molar-refractivity contribution >= 4 is 17.8 Å². The van der Waals surface area contributed by atoms with E-state index in [1.807, 2.05) is 0 Å². The van der Waals surface area contributed by atoms with Crippen molar-refractivity contribution in [3.05, 3.63) is 28.2 Å². The number of carboxylic acids is 2. The number of carbonyl (C=O) groups excluding carboxylic acids is 1. The number of H-pyrrole nitrogens is 1. The first-order valence-electron chi connectivity index (χ1n) is 6.20. The molecule has 2 atom stereocenters. The molecule has 0 spiro atoms. The summed E-state index contributed by atoms with van der Waals surface area (Å²) < 4.78 is 0. The Morgan fingerprint density at radius 2 is 1.86 bits per heavy atom. The summed E-state index contributed by atoms with van der Waals surface area (Å²) in [6, 6.07) is 2.37. The number of carboxylic acid groups (broad SMARTS) is 2. The highest BCUT2D eigenvalue weighted by molar-refractivity contribution is 5.93. The molecule has 9 heteroatoms. The molecule has 0 radical (unpaired) electrons. The topological polar surface area (TPSA) is 141 Å². The van der Waals surface area contributed by atoms with Crippen LogP contribution in [-0.2, 0) is 9.59 Å². The van der Waals surface area contributed by atoms with Crippen LogP contribution in [0.1, 0.15) is 16.9 Å². The number of aromatic nitrogens is 2. The summed E-state index contributed by atoms with van der Waals surface area (Å²) in [4.78, 5) is 46.5. The number of hydrogen-bond donors (Lipinski definition) is 3. The summed E-state index contributed by atoms with van der Waals surface area (Å²) in [6.07, 6.45) is 0.0569. The molecule has 1 amide bonds. The summed E-state index contributed by atoms with van der Waals surface area (Å²) >= 11 is 0. The zero-order valence-corrected chi connectivity index (χ0v) is 10.9. The molecule has 2 rings (SSSR count). The molecule has 1 aromatic rings. The number of rotatable bonds is 3. The van der Waals surface area contributed by atoms with Gasteiger partial charge in [-0.3, -0.25) is 19.2 Å². The number of carbonyl (C=O) groups is 3. The molecule has 21 heavy (non-hydrogen) atoms. The Morgan fingerprint density at radius 3 is 2.38 bits per heavy atom. The summed E-state index contributed by atoms with van der Waals surface area (Å²) in [5, 5.41) is 23.8. The zero-order valence-electron chi connectivity index (χ0n) is 10.9. The number of nitrogens with one attached hydrogen (secondary N) is 1. The van der Waals surface area contributed by atoms with Crippen molar-refractivity contribution in [2.24, 2.45) is 11.8 Å². The van der Waals surface area contributed by atoms with Gasteiger partial charge in [0.2, 0.25) is 0 Å². The lowest BCUT2D eigenvalue weighted by atomic mass is 9.85. The molecular weight excluding hydrogens is 282 g/mol. The minimum atomic E-state index is -1.26. The van der Waals surface area contributed by atoms with E-state index in [0.717, 1.165) is 6.07 Å². The predicted octanol–water partition coefficient (Wildman–Crippen LogP) is -0.983. The van der Waals surface area contributed by atoms with E-state index in [0.29, 0.717) is 0 Å². The van der Waals surface area contributed by atoms with Gasteiger partial charge >= 0.3 is 11.9 Å². The van der Waals surface area contributed by atoms with Crippen LogP contribution in [0.25, 0.3) is 0 Å². The number of aromatic amines is 1. The Bertz CT molecular complexity index is 620. The first-order valence-corrected chi connectivity index (χ1v) is 6.20. The van der Waals surface area contributed by atoms with E-state index in [4.69, 9.17) is 10.2 Å². The van der Waals surface area contributed by atoms with Crippen LogP contribution in [0.4, 0.5) is 0 Å². The molecule has 0 aliphatic carbocycles. The van der Waals surface area contributed by atoms with Crippen LogP contribution in [0.2, 0.25) is 0 Å². The van der Waals surface area contributed by atoms with Crippen LogP contribution in [0.15, 0.2) is 16.9 Å². The van der Waals surface area contributed by atoms with Gasteiger partial charge in [0, 0.05) is 19.2 Å². The third-order valence-electron chi connectivity index (χ3n) is 3.43. The molecule has 0 saturated carbocycles. The van der Waals surface area contributed by atoms with Crippen LogP contribution >= 0.6 is 0 Å². The standard InChI is InChI=1S/C12H13N3O6/c16-9-2-1-8(13-14-9)10(17)15-4-3-6(11(18)19)7(5-15)12(20)21/h1-2,6-7H,3-5H2,(H,14,16)(H,18,19)(H,20,21). The monoisotopic (exact) mass is 295 g/mol. The Morgan fingerprint density at radius 1 is 1.19 bits per heavy atom. The van der Waals surface area contributed by atoms with Gasteiger partial charge in [-0.15, -0.1) is 0 Å². The van der Waals surface area contributed by atoms with E-state index in [1.165, 1.54) is 11.0 Å². The fraction of sp³-hybridized carbons (Fsp3) is 0.417. The molecular formula is C12H13N3O6. The van der Waals surface area contributed by atoms with Crippen LogP contribution in [-0.4, -0.2) is 56.2 Å². The number of likely N-dealkylation sites (tertiary alicyclic amines) is 1. The molecule has 1 fully saturated rings. The van der Waals surface area contributed by atoms with E-state index in [9.17, 15) is 19.2 Å². The molecule has 1 saturated heterocycles. The Kier molecular flexibility index (Phi) is 4.01. The number of amides is 1. The first-order chi connectivity index (χ1) is 9.90. The SMILES string of the molecule is O=C(O)C1CCN(C(=O)c2ccc(=O)[nH]n2)CC1C(=O)O. The lowest BCUT2D eigenvalue weighted by Gasteiger charge is -2.34. The van der Waals surface area contributed by atoms with E-state index in [2.05, 4.69) is 10.2 Å². The summed E-state index contributed by atoms with van der Waals surface area (Å²) in [6.45, 7) is -0.0771. The number of aliphatic carboxylic acids is 2. The maximum Gasteiger partial charge on any atom is 0.309 e. The second-order valence-corrected chi connectivity index (χ2v) is 4.74. The summed E-state index contributed by atoms with van der Waals surface area (Å²) in [5.41, 5.74) is -0.480. The fourth-order valence-corrected chi connectivity index (χ4v) is 2.31. The highest BCUT2D eigenvalue weighted by atomic mass is 16.4. The highest BCUT2D eigenvalue weighted by Crippen LogP contribution is 2.25. The quantitative estimate of drug-likeness (QED) is 0.650. The van der Waals surface area contributed by atoms with Crippen molar-refractivity contribution in [2.45, 2.75) is 6.42 Å². The molecule has 0 bridgehead atoms. The van der Waals surface area contributed by atoms with Gasteiger partial charge in [-0.05, 0) is 12.5 Å². The van der Waals surface area contributed by atoms with Crippen LogP contribution < -0.4 is 5.56 Å². The second kappa shape index (κ2) is 5.73. The number of nitrogens with zero attached hydrogens (tertiary/aromatic N) is 2. The Balaban J connectivity index is 2.17. The molecule has 1 aliphatic rings. The number of hydrogen-bond acceptors (Lipinski definition) is 5. The highest BCUT2D eigenvalue weighted by Gasteiger charge is 2.40. The van der Waals surface area contributed by atoms with Gasteiger partial charge in [-0.25, -0.2) is 5.10 Å². The molecule has 9 nitrogen and oxygen atoms in total. The van der Waals surface area contributed by atoms with E-state index < -0.39 is 35.2 Å². The molecule has 0 aromatic carbocycles. The van der Waals surface area contributed by atoms with Crippen molar-refractivity contribution < 1.29 is 24.6 Å². The van der Waals surface area contributed by atoms with E-state index in [-0.39, 0.29) is 25.2 Å². The van der Waals surface area contributed by atoms with Crippen molar-refractivity contribution in [2.75, 3.05) is 13.1 Å². The Hall–Kier alpha value is -2.71. The van der Waals surface area contributed by atoms with Crippen molar-refractivity contribution in [3.8, 4) is 0 Å². The lowest BCUT2D eigenvalue weighted by molar-refractivity contribution is -0.156. The molecule has 1 aromatic heterocycles. The molecule has 2 unspecified atom stereocenters. The maximum absolute atomic E-state index is 12.2.